The average Bonchev–Trinajstić information content (AvgIpc) is 2.40. The van der Waals surface area contributed by atoms with Gasteiger partial charge in [-0.2, -0.15) is 0 Å². The first-order valence-electron chi connectivity index (χ1n) is 5.62. The molecule has 0 radical (unpaired) electrons. The minimum Gasteiger partial charge on any atom is -0.505 e. The first-order valence-corrected chi connectivity index (χ1v) is 5.62. The predicted octanol–water partition coefficient (Wildman–Crippen LogP) is 2.13. The molecule has 0 saturated heterocycles. The van der Waals surface area contributed by atoms with Crippen LogP contribution in [0, 0.1) is 10.1 Å². The van der Waals surface area contributed by atoms with Crippen molar-refractivity contribution >= 4 is 23.0 Å². The summed E-state index contributed by atoms with van der Waals surface area (Å²) in [6.07, 6.45) is 0. The number of nitro benzene ring substituents is 1. The number of nitrogens with two attached hydrogens (primary N) is 1. The van der Waals surface area contributed by atoms with Crippen molar-refractivity contribution in [3.05, 3.63) is 58.1 Å². The zero-order valence-electron chi connectivity index (χ0n) is 10.2. The summed E-state index contributed by atoms with van der Waals surface area (Å²) in [6.45, 7) is 0. The standard InChI is InChI=1S/C13H11N3O4/c14-9-4-1-3-8(7-9)13(18)15-12-10(16(19)20)5-2-6-11(12)17/h1-7,17H,14H2,(H,15,18). The number of rotatable bonds is 3. The molecule has 7 heteroatoms. The monoisotopic (exact) mass is 273 g/mol. The molecule has 102 valence electrons. The molecular weight excluding hydrogens is 262 g/mol. The number of nitrogens with one attached hydrogen (secondary N) is 1. The number of benzene rings is 2. The van der Waals surface area contributed by atoms with Crippen LogP contribution < -0.4 is 11.1 Å². The van der Waals surface area contributed by atoms with E-state index < -0.39 is 10.8 Å². The number of amides is 1. The van der Waals surface area contributed by atoms with Gasteiger partial charge in [-0.1, -0.05) is 12.1 Å². The van der Waals surface area contributed by atoms with Gasteiger partial charge >= 0.3 is 0 Å². The highest BCUT2D eigenvalue weighted by Gasteiger charge is 2.20. The lowest BCUT2D eigenvalue weighted by molar-refractivity contribution is -0.384. The second-order valence-corrected chi connectivity index (χ2v) is 4.01. The highest BCUT2D eigenvalue weighted by molar-refractivity contribution is 6.06. The Morgan fingerprint density at radius 2 is 1.95 bits per heavy atom. The SMILES string of the molecule is Nc1cccc(C(=O)Nc2c(O)cccc2[N+](=O)[O-])c1. The maximum Gasteiger partial charge on any atom is 0.296 e. The van der Waals surface area contributed by atoms with Gasteiger partial charge in [0.05, 0.1) is 4.92 Å². The summed E-state index contributed by atoms with van der Waals surface area (Å²) in [6, 6.07) is 9.90. The fourth-order valence-corrected chi connectivity index (χ4v) is 1.67. The number of carbonyl (C=O) groups is 1. The Kier molecular flexibility index (Phi) is 3.52. The minimum atomic E-state index is -0.686. The van der Waals surface area contributed by atoms with E-state index in [0.29, 0.717) is 5.69 Å². The summed E-state index contributed by atoms with van der Waals surface area (Å²) in [5.41, 5.74) is 5.56. The third-order valence-corrected chi connectivity index (χ3v) is 2.60. The van der Waals surface area contributed by atoms with Crippen molar-refractivity contribution in [3.8, 4) is 5.75 Å². The maximum absolute atomic E-state index is 12.0. The van der Waals surface area contributed by atoms with Crippen molar-refractivity contribution in [3.63, 3.8) is 0 Å². The van der Waals surface area contributed by atoms with E-state index in [0.717, 1.165) is 0 Å². The molecule has 4 N–H and O–H groups in total. The number of hydrogen-bond donors (Lipinski definition) is 3. The highest BCUT2D eigenvalue weighted by atomic mass is 16.6. The Hall–Kier alpha value is -3.09. The predicted molar refractivity (Wildman–Crippen MR) is 73.6 cm³/mol. The topological polar surface area (TPSA) is 118 Å². The van der Waals surface area contributed by atoms with E-state index in [-0.39, 0.29) is 22.7 Å². The van der Waals surface area contributed by atoms with Crippen molar-refractivity contribution in [2.24, 2.45) is 0 Å². The summed E-state index contributed by atoms with van der Waals surface area (Å²) in [4.78, 5) is 22.2. The molecule has 0 heterocycles. The highest BCUT2D eigenvalue weighted by Crippen LogP contribution is 2.33. The number of anilines is 2. The molecule has 0 aliphatic heterocycles. The number of hydrogen-bond acceptors (Lipinski definition) is 5. The van der Waals surface area contributed by atoms with E-state index in [2.05, 4.69) is 5.32 Å². The van der Waals surface area contributed by atoms with E-state index in [4.69, 9.17) is 5.73 Å². The van der Waals surface area contributed by atoms with Gasteiger partial charge in [0.2, 0.25) is 0 Å². The number of nitro groups is 1. The van der Waals surface area contributed by atoms with Crippen LogP contribution in [0.1, 0.15) is 10.4 Å². The van der Waals surface area contributed by atoms with Crippen LogP contribution in [-0.4, -0.2) is 15.9 Å². The Bertz CT molecular complexity index is 685. The lowest BCUT2D eigenvalue weighted by atomic mass is 10.1. The first kappa shape index (κ1) is 13.3. The number of aromatic hydroxyl groups is 1. The molecule has 2 aromatic rings. The van der Waals surface area contributed by atoms with E-state index in [1.54, 1.807) is 12.1 Å². The van der Waals surface area contributed by atoms with E-state index >= 15 is 0 Å². The third-order valence-electron chi connectivity index (χ3n) is 2.60. The molecule has 0 fully saturated rings. The van der Waals surface area contributed by atoms with Crippen LogP contribution in [0.15, 0.2) is 42.5 Å². The van der Waals surface area contributed by atoms with Gasteiger partial charge in [0, 0.05) is 17.3 Å². The van der Waals surface area contributed by atoms with Gasteiger partial charge in [0.15, 0.2) is 5.69 Å². The Balaban J connectivity index is 2.35. The fraction of sp³-hybridized carbons (Fsp3) is 0. The van der Waals surface area contributed by atoms with Crippen molar-refractivity contribution in [1.82, 2.24) is 0 Å². The van der Waals surface area contributed by atoms with Gasteiger partial charge < -0.3 is 16.2 Å². The number of phenols is 1. The number of nitrogens with zero attached hydrogens (tertiary/aromatic N) is 1. The van der Waals surface area contributed by atoms with Gasteiger partial charge in [0.1, 0.15) is 5.75 Å². The molecular formula is C13H11N3O4. The molecule has 0 atom stereocenters. The molecule has 0 aliphatic rings. The molecule has 0 aromatic heterocycles. The van der Waals surface area contributed by atoms with Gasteiger partial charge in [-0.3, -0.25) is 14.9 Å². The minimum absolute atomic E-state index is 0.238. The largest absolute Gasteiger partial charge is 0.505 e. The normalized spacial score (nSPS) is 10.0. The molecule has 2 aromatic carbocycles. The van der Waals surface area contributed by atoms with Gasteiger partial charge in [-0.05, 0) is 24.3 Å². The molecule has 0 bridgehead atoms. The van der Waals surface area contributed by atoms with Crippen molar-refractivity contribution in [2.75, 3.05) is 11.1 Å². The summed E-state index contributed by atoms with van der Waals surface area (Å²) < 4.78 is 0. The zero-order valence-corrected chi connectivity index (χ0v) is 10.2. The smallest absolute Gasteiger partial charge is 0.296 e. The second-order valence-electron chi connectivity index (χ2n) is 4.01. The third kappa shape index (κ3) is 2.66. The van der Waals surface area contributed by atoms with Crippen LogP contribution in [0.25, 0.3) is 0 Å². The van der Waals surface area contributed by atoms with Crippen LogP contribution in [-0.2, 0) is 0 Å². The zero-order chi connectivity index (χ0) is 14.7. The van der Waals surface area contributed by atoms with Gasteiger partial charge in [-0.15, -0.1) is 0 Å². The Morgan fingerprint density at radius 3 is 2.60 bits per heavy atom. The van der Waals surface area contributed by atoms with Crippen molar-refractivity contribution < 1.29 is 14.8 Å². The molecule has 20 heavy (non-hydrogen) atoms. The van der Waals surface area contributed by atoms with E-state index in [9.17, 15) is 20.0 Å². The van der Waals surface area contributed by atoms with Crippen molar-refractivity contribution in [2.45, 2.75) is 0 Å². The number of nitrogen functional groups attached to an aromatic ring is 1. The summed E-state index contributed by atoms with van der Waals surface area (Å²) >= 11 is 0. The Morgan fingerprint density at radius 1 is 1.25 bits per heavy atom. The van der Waals surface area contributed by atoms with Gasteiger partial charge in [0.25, 0.3) is 11.6 Å². The molecule has 1 amide bonds. The van der Waals surface area contributed by atoms with Crippen LogP contribution >= 0.6 is 0 Å². The lowest BCUT2D eigenvalue weighted by Crippen LogP contribution is -2.13. The van der Waals surface area contributed by atoms with E-state index in [1.165, 1.54) is 30.3 Å². The van der Waals surface area contributed by atoms with Crippen LogP contribution in [0.5, 0.6) is 5.75 Å². The number of para-hydroxylation sites is 1. The van der Waals surface area contributed by atoms with Crippen LogP contribution in [0.4, 0.5) is 17.1 Å². The summed E-state index contributed by atoms with van der Waals surface area (Å²) in [5, 5.41) is 22.8. The molecule has 0 saturated carbocycles. The first-order chi connectivity index (χ1) is 9.49. The average molecular weight is 273 g/mol. The van der Waals surface area contributed by atoms with Crippen LogP contribution in [0.2, 0.25) is 0 Å². The molecule has 0 spiro atoms. The molecule has 2 rings (SSSR count). The van der Waals surface area contributed by atoms with Crippen LogP contribution in [0.3, 0.4) is 0 Å². The van der Waals surface area contributed by atoms with Crippen molar-refractivity contribution in [1.29, 1.82) is 0 Å². The molecule has 7 nitrogen and oxygen atoms in total. The van der Waals surface area contributed by atoms with E-state index in [1.807, 2.05) is 0 Å². The second kappa shape index (κ2) is 5.27. The summed E-state index contributed by atoms with van der Waals surface area (Å²) in [5.74, 6) is -0.974. The lowest BCUT2D eigenvalue weighted by Gasteiger charge is -2.08. The summed E-state index contributed by atoms with van der Waals surface area (Å²) in [7, 11) is 0. The van der Waals surface area contributed by atoms with Gasteiger partial charge in [-0.25, -0.2) is 0 Å². The maximum atomic E-state index is 12.0. The number of phenolic OH excluding ortho intramolecular Hbond substituents is 1. The Labute approximate surface area is 113 Å². The number of carbonyl (C=O) groups excluding carboxylic acids is 1. The quantitative estimate of drug-likeness (QED) is 0.342. The fourth-order valence-electron chi connectivity index (χ4n) is 1.67. The molecule has 0 unspecified atom stereocenters. The molecule has 0 aliphatic carbocycles.